The molecule has 1 heterocycles. The van der Waals surface area contributed by atoms with Crippen molar-refractivity contribution in [1.29, 1.82) is 0 Å². The smallest absolute Gasteiger partial charge is 0.165 e. The zero-order valence-electron chi connectivity index (χ0n) is 13.1. The summed E-state index contributed by atoms with van der Waals surface area (Å²) in [5, 5.41) is 0. The van der Waals surface area contributed by atoms with E-state index in [1.54, 1.807) is 0 Å². The third kappa shape index (κ3) is 2.34. The maximum absolute atomic E-state index is 12.3. The second-order valence-electron chi connectivity index (χ2n) is 7.54. The van der Waals surface area contributed by atoms with Gasteiger partial charge in [0.15, 0.2) is 5.78 Å². The highest BCUT2D eigenvalue weighted by Crippen LogP contribution is 2.41. The first-order valence-corrected chi connectivity index (χ1v) is 8.25. The number of hydrogen-bond donors (Lipinski definition) is 0. The summed E-state index contributed by atoms with van der Waals surface area (Å²) >= 11 is 0. The first-order valence-electron chi connectivity index (χ1n) is 8.25. The van der Waals surface area contributed by atoms with Crippen LogP contribution in [0.25, 0.3) is 0 Å². The van der Waals surface area contributed by atoms with E-state index in [1.165, 1.54) is 37.8 Å². The monoisotopic (exact) mass is 273 g/mol. The maximum atomic E-state index is 12.3. The highest BCUT2D eigenvalue weighted by molar-refractivity contribution is 5.98. The van der Waals surface area contributed by atoms with Crippen molar-refractivity contribution >= 4 is 5.78 Å². The lowest BCUT2D eigenvalue weighted by Crippen LogP contribution is -2.31. The number of fused-ring (bicyclic) bond motifs is 1. The molecule has 0 N–H and O–H groups in total. The molecule has 0 aliphatic heterocycles. The van der Waals surface area contributed by atoms with Crippen molar-refractivity contribution in [1.82, 2.24) is 4.57 Å². The molecule has 1 aromatic heterocycles. The fraction of sp³-hybridized carbons (Fsp3) is 0.722. The minimum atomic E-state index is 0.122. The van der Waals surface area contributed by atoms with Crippen LogP contribution in [-0.2, 0) is 6.42 Å². The van der Waals surface area contributed by atoms with Gasteiger partial charge in [-0.25, -0.2) is 0 Å². The van der Waals surface area contributed by atoms with Gasteiger partial charge in [-0.1, -0.05) is 40.0 Å². The summed E-state index contributed by atoms with van der Waals surface area (Å²) in [6, 6.07) is 2.70. The summed E-state index contributed by atoms with van der Waals surface area (Å²) in [7, 11) is 0. The van der Waals surface area contributed by atoms with Gasteiger partial charge in [-0.05, 0) is 36.7 Å². The summed E-state index contributed by atoms with van der Waals surface area (Å²) in [6.45, 7) is 6.76. The van der Waals surface area contributed by atoms with Crippen LogP contribution in [0.5, 0.6) is 0 Å². The average Bonchev–Trinajstić information content (AvgIpc) is 2.81. The Morgan fingerprint density at radius 2 is 2.00 bits per heavy atom. The van der Waals surface area contributed by atoms with Gasteiger partial charge in [-0.2, -0.15) is 0 Å². The highest BCUT2D eigenvalue weighted by atomic mass is 16.1. The topological polar surface area (TPSA) is 22.0 Å². The van der Waals surface area contributed by atoms with Crippen LogP contribution in [0.15, 0.2) is 12.3 Å². The van der Waals surface area contributed by atoms with Gasteiger partial charge in [0.05, 0.1) is 0 Å². The maximum Gasteiger partial charge on any atom is 0.165 e. The molecular weight excluding hydrogens is 246 g/mol. The summed E-state index contributed by atoms with van der Waals surface area (Å²) in [5.74, 6) is 1.14. The van der Waals surface area contributed by atoms with E-state index in [4.69, 9.17) is 0 Å². The molecule has 1 aromatic rings. The van der Waals surface area contributed by atoms with Crippen molar-refractivity contribution < 1.29 is 4.79 Å². The van der Waals surface area contributed by atoms with E-state index < -0.39 is 0 Å². The summed E-state index contributed by atoms with van der Waals surface area (Å²) in [5.41, 5.74) is 2.44. The van der Waals surface area contributed by atoms with Gasteiger partial charge in [0.1, 0.15) is 0 Å². The Labute approximate surface area is 122 Å². The predicted molar refractivity (Wildman–Crippen MR) is 82.2 cm³/mol. The van der Waals surface area contributed by atoms with Gasteiger partial charge in [0, 0.05) is 29.9 Å². The molecule has 2 aliphatic carbocycles. The number of aromatic nitrogens is 1. The fourth-order valence-electron chi connectivity index (χ4n) is 4.31. The van der Waals surface area contributed by atoms with Crippen LogP contribution >= 0.6 is 0 Å². The molecule has 2 unspecified atom stereocenters. The van der Waals surface area contributed by atoms with E-state index >= 15 is 0 Å². The molecule has 0 aromatic carbocycles. The number of rotatable bonds is 2. The number of carbonyl (C=O) groups excluding carboxylic acids is 1. The van der Waals surface area contributed by atoms with Crippen LogP contribution in [0.1, 0.15) is 81.4 Å². The number of nitrogens with zero attached hydrogens (tertiary/aromatic N) is 1. The van der Waals surface area contributed by atoms with Crippen LogP contribution in [0, 0.1) is 11.3 Å². The normalized spacial score (nSPS) is 29.2. The van der Waals surface area contributed by atoms with Gasteiger partial charge in [-0.15, -0.1) is 0 Å². The molecule has 2 heteroatoms. The molecule has 0 bridgehead atoms. The molecule has 0 spiro atoms. The molecule has 110 valence electrons. The van der Waals surface area contributed by atoms with Gasteiger partial charge in [-0.3, -0.25) is 4.79 Å². The van der Waals surface area contributed by atoms with E-state index in [0.29, 0.717) is 18.2 Å². The molecule has 20 heavy (non-hydrogen) atoms. The number of ketones is 1. The third-order valence-electron chi connectivity index (χ3n) is 5.36. The Morgan fingerprint density at radius 1 is 1.25 bits per heavy atom. The summed E-state index contributed by atoms with van der Waals surface area (Å²) in [4.78, 5) is 12.3. The lowest BCUT2D eigenvalue weighted by atomic mass is 9.75. The van der Waals surface area contributed by atoms with Crippen LogP contribution in [0.3, 0.4) is 0 Å². The van der Waals surface area contributed by atoms with Crippen molar-refractivity contribution in [2.24, 2.45) is 11.3 Å². The second kappa shape index (κ2) is 5.05. The summed E-state index contributed by atoms with van der Waals surface area (Å²) in [6.07, 6.45) is 10.6. The Kier molecular flexibility index (Phi) is 3.51. The van der Waals surface area contributed by atoms with Crippen molar-refractivity contribution in [2.45, 2.75) is 71.8 Å². The SMILES string of the molecule is CCC1CCCCC1n1ccc2c1CC(C)(C)CC2=O. The highest BCUT2D eigenvalue weighted by Gasteiger charge is 2.35. The lowest BCUT2D eigenvalue weighted by Gasteiger charge is -2.36. The predicted octanol–water partition coefficient (Wildman–Crippen LogP) is 4.78. The average molecular weight is 273 g/mol. The number of hydrogen-bond acceptors (Lipinski definition) is 1. The number of Topliss-reactive ketones (excluding diaryl/α,β-unsaturated/α-hetero) is 1. The Bertz CT molecular complexity index is 511. The Balaban J connectivity index is 1.97. The fourth-order valence-corrected chi connectivity index (χ4v) is 4.31. The van der Waals surface area contributed by atoms with Crippen molar-refractivity contribution in [3.05, 3.63) is 23.5 Å². The molecular formula is C18H27NO. The van der Waals surface area contributed by atoms with E-state index in [0.717, 1.165) is 17.9 Å². The van der Waals surface area contributed by atoms with Crippen LogP contribution < -0.4 is 0 Å². The molecule has 3 rings (SSSR count). The van der Waals surface area contributed by atoms with Gasteiger partial charge in [0.25, 0.3) is 0 Å². The molecule has 0 saturated heterocycles. The molecule has 2 aliphatic rings. The Hall–Kier alpha value is -1.05. The molecule has 2 atom stereocenters. The van der Waals surface area contributed by atoms with E-state index in [2.05, 4.69) is 37.6 Å². The third-order valence-corrected chi connectivity index (χ3v) is 5.36. The van der Waals surface area contributed by atoms with Crippen LogP contribution in [0.2, 0.25) is 0 Å². The minimum Gasteiger partial charge on any atom is -0.347 e. The number of carbonyl (C=O) groups is 1. The van der Waals surface area contributed by atoms with E-state index in [9.17, 15) is 4.79 Å². The van der Waals surface area contributed by atoms with Gasteiger partial charge in [0.2, 0.25) is 0 Å². The largest absolute Gasteiger partial charge is 0.347 e. The van der Waals surface area contributed by atoms with Crippen molar-refractivity contribution in [2.75, 3.05) is 0 Å². The zero-order chi connectivity index (χ0) is 14.3. The van der Waals surface area contributed by atoms with Gasteiger partial charge < -0.3 is 4.57 Å². The minimum absolute atomic E-state index is 0.122. The van der Waals surface area contributed by atoms with Crippen molar-refractivity contribution in [3.8, 4) is 0 Å². The van der Waals surface area contributed by atoms with E-state index in [-0.39, 0.29) is 5.41 Å². The first-order chi connectivity index (χ1) is 9.52. The van der Waals surface area contributed by atoms with Gasteiger partial charge >= 0.3 is 0 Å². The summed E-state index contributed by atoms with van der Waals surface area (Å²) < 4.78 is 2.47. The van der Waals surface area contributed by atoms with Crippen LogP contribution in [-0.4, -0.2) is 10.4 Å². The zero-order valence-corrected chi connectivity index (χ0v) is 13.1. The lowest BCUT2D eigenvalue weighted by molar-refractivity contribution is 0.0907. The van der Waals surface area contributed by atoms with E-state index in [1.807, 2.05) is 0 Å². The Morgan fingerprint density at radius 3 is 2.75 bits per heavy atom. The van der Waals surface area contributed by atoms with Crippen molar-refractivity contribution in [3.63, 3.8) is 0 Å². The quantitative estimate of drug-likeness (QED) is 0.759. The van der Waals surface area contributed by atoms with Crippen LogP contribution in [0.4, 0.5) is 0 Å². The molecule has 0 amide bonds. The molecule has 1 fully saturated rings. The molecule has 1 saturated carbocycles. The second-order valence-corrected chi connectivity index (χ2v) is 7.54. The standard InChI is InChI=1S/C18H27NO/c1-4-13-7-5-6-8-15(13)19-10-9-14-16(19)11-18(2,3)12-17(14)20/h9-10,13,15H,4-8,11-12H2,1-3H3. The first kappa shape index (κ1) is 13.9. The molecule has 0 radical (unpaired) electrons. The molecule has 2 nitrogen and oxygen atoms in total.